The number of nitrogens with zero attached hydrogens (tertiary/aromatic N) is 1. The molecule has 7 heteroatoms. The van der Waals surface area contributed by atoms with Gasteiger partial charge in [0.05, 0.1) is 5.69 Å². The Morgan fingerprint density at radius 3 is 2.63 bits per heavy atom. The number of nitrogens with one attached hydrogen (secondary N) is 2. The molecule has 2 atom stereocenters. The first-order valence-corrected chi connectivity index (χ1v) is 13.0. The van der Waals surface area contributed by atoms with E-state index >= 15 is 0 Å². The summed E-state index contributed by atoms with van der Waals surface area (Å²) in [4.78, 5) is 14.7. The van der Waals surface area contributed by atoms with Crippen LogP contribution in [0.25, 0.3) is 0 Å². The third-order valence-electron chi connectivity index (χ3n) is 5.87. The molecule has 0 aromatic heterocycles. The molecule has 6 nitrogen and oxygen atoms in total. The highest BCUT2D eigenvalue weighted by Crippen LogP contribution is 2.33. The highest BCUT2D eigenvalue weighted by Gasteiger charge is 2.27. The van der Waals surface area contributed by atoms with Crippen molar-refractivity contribution in [3.63, 3.8) is 0 Å². The Balaban J connectivity index is 2.29. The van der Waals surface area contributed by atoms with Crippen LogP contribution in [-0.4, -0.2) is 33.0 Å². The molecule has 1 amide bonds. The fourth-order valence-electron chi connectivity index (χ4n) is 3.85. The van der Waals surface area contributed by atoms with Crippen molar-refractivity contribution in [2.24, 2.45) is 0 Å². The molecule has 0 aliphatic carbocycles. The van der Waals surface area contributed by atoms with Gasteiger partial charge in [-0.25, -0.2) is 13.1 Å². The van der Waals surface area contributed by atoms with Crippen LogP contribution in [0, 0.1) is 0 Å². The van der Waals surface area contributed by atoms with Gasteiger partial charge < -0.3 is 10.2 Å². The zero-order valence-electron chi connectivity index (χ0n) is 19.0. The van der Waals surface area contributed by atoms with Crippen molar-refractivity contribution >= 4 is 27.3 Å². The van der Waals surface area contributed by atoms with Crippen molar-refractivity contribution in [2.75, 3.05) is 16.8 Å². The molecular weight excluding hydrogens is 398 g/mol. The van der Waals surface area contributed by atoms with Crippen molar-refractivity contribution in [3.05, 3.63) is 18.2 Å². The van der Waals surface area contributed by atoms with Crippen LogP contribution >= 0.6 is 0 Å². The van der Waals surface area contributed by atoms with Crippen LogP contribution in [0.3, 0.4) is 0 Å². The van der Waals surface area contributed by atoms with Crippen molar-refractivity contribution in [2.45, 2.75) is 102 Å². The van der Waals surface area contributed by atoms with Crippen LogP contribution in [0.5, 0.6) is 0 Å². The molecule has 0 radical (unpaired) electrons. The number of unbranched alkanes of at least 4 members (excludes halogenated alkanes) is 3. The van der Waals surface area contributed by atoms with Gasteiger partial charge in [-0.1, -0.05) is 33.1 Å². The minimum atomic E-state index is -3.70. The predicted molar refractivity (Wildman–Crippen MR) is 125 cm³/mol. The van der Waals surface area contributed by atoms with E-state index in [0.29, 0.717) is 18.5 Å². The normalized spacial score (nSPS) is 18.3. The van der Waals surface area contributed by atoms with Crippen LogP contribution in [-0.2, 0) is 14.8 Å². The van der Waals surface area contributed by atoms with Gasteiger partial charge in [0, 0.05) is 30.7 Å². The fourth-order valence-corrected chi connectivity index (χ4v) is 5.41. The summed E-state index contributed by atoms with van der Waals surface area (Å²) in [7, 11) is -3.70. The first kappa shape index (κ1) is 24.7. The Bertz CT molecular complexity index is 795. The topological polar surface area (TPSA) is 78.5 Å². The van der Waals surface area contributed by atoms with Crippen molar-refractivity contribution in [3.8, 4) is 0 Å². The maximum atomic E-state index is 13.2. The van der Waals surface area contributed by atoms with E-state index in [-0.39, 0.29) is 22.9 Å². The summed E-state index contributed by atoms with van der Waals surface area (Å²) in [5.41, 5.74) is 1.26. The number of anilines is 2. The number of hydrogen-bond donors (Lipinski definition) is 2. The highest BCUT2D eigenvalue weighted by atomic mass is 32.2. The summed E-state index contributed by atoms with van der Waals surface area (Å²) >= 11 is 0. The molecule has 1 aromatic rings. The lowest BCUT2D eigenvalue weighted by Gasteiger charge is -2.36. The summed E-state index contributed by atoms with van der Waals surface area (Å²) in [6.45, 7) is 8.94. The first-order chi connectivity index (χ1) is 14.3. The van der Waals surface area contributed by atoms with Crippen LogP contribution in [0.2, 0.25) is 0 Å². The number of amides is 1. The summed E-state index contributed by atoms with van der Waals surface area (Å²) in [5.74, 6) is -0.0663. The van der Waals surface area contributed by atoms with Crippen LogP contribution in [0.4, 0.5) is 11.4 Å². The maximum Gasteiger partial charge on any atom is 0.242 e. The molecule has 2 N–H and O–H groups in total. The minimum Gasteiger partial charge on any atom is -0.368 e. The molecule has 2 unspecified atom stereocenters. The highest BCUT2D eigenvalue weighted by molar-refractivity contribution is 7.89. The van der Waals surface area contributed by atoms with Gasteiger partial charge in [0.15, 0.2) is 0 Å². The molecule has 1 saturated heterocycles. The summed E-state index contributed by atoms with van der Waals surface area (Å²) < 4.78 is 29.2. The average molecular weight is 438 g/mol. The largest absolute Gasteiger partial charge is 0.368 e. The first-order valence-electron chi connectivity index (χ1n) is 11.5. The Kier molecular flexibility index (Phi) is 9.62. The van der Waals surface area contributed by atoms with Crippen molar-refractivity contribution < 1.29 is 13.2 Å². The SMILES string of the molecule is CCCCCCC(=O)Nc1ccc(N2CCCCC2C)c(S(=O)(=O)NC(C)CC)c1. The average Bonchev–Trinajstić information content (AvgIpc) is 2.71. The van der Waals surface area contributed by atoms with E-state index in [4.69, 9.17) is 0 Å². The molecule has 0 spiro atoms. The molecule has 30 heavy (non-hydrogen) atoms. The van der Waals surface area contributed by atoms with E-state index in [2.05, 4.69) is 28.8 Å². The van der Waals surface area contributed by atoms with Gasteiger partial charge in [-0.3, -0.25) is 4.79 Å². The minimum absolute atomic E-state index is 0.0663. The van der Waals surface area contributed by atoms with Gasteiger partial charge >= 0.3 is 0 Å². The zero-order chi connectivity index (χ0) is 22.1. The Morgan fingerprint density at radius 1 is 1.20 bits per heavy atom. The summed E-state index contributed by atoms with van der Waals surface area (Å²) in [6.07, 6.45) is 8.57. The number of carbonyl (C=O) groups excluding carboxylic acids is 1. The van der Waals surface area contributed by atoms with Crippen LogP contribution in [0.15, 0.2) is 23.1 Å². The van der Waals surface area contributed by atoms with E-state index in [1.54, 1.807) is 6.07 Å². The molecule has 0 bridgehead atoms. The Morgan fingerprint density at radius 2 is 1.97 bits per heavy atom. The molecule has 1 aliphatic rings. The quantitative estimate of drug-likeness (QED) is 0.475. The predicted octanol–water partition coefficient (Wildman–Crippen LogP) is 5.05. The zero-order valence-corrected chi connectivity index (χ0v) is 19.9. The van der Waals surface area contributed by atoms with E-state index in [1.807, 2.05) is 26.0 Å². The smallest absolute Gasteiger partial charge is 0.242 e. The van der Waals surface area contributed by atoms with Crippen molar-refractivity contribution in [1.29, 1.82) is 0 Å². The molecule has 0 saturated carbocycles. The number of carbonyl (C=O) groups is 1. The second-order valence-electron chi connectivity index (χ2n) is 8.51. The number of hydrogen-bond acceptors (Lipinski definition) is 4. The fraction of sp³-hybridized carbons (Fsp3) is 0.696. The Labute approximate surface area is 182 Å². The standard InChI is InChI=1S/C23H39N3O3S/c1-5-7-8-9-13-23(27)24-20-14-15-21(26-16-11-10-12-19(26)4)22(17-20)30(28,29)25-18(3)6-2/h14-15,17-19,25H,5-13,16H2,1-4H3,(H,24,27). The Hall–Kier alpha value is -1.60. The van der Waals surface area contributed by atoms with Crippen LogP contribution in [0.1, 0.15) is 85.5 Å². The lowest BCUT2D eigenvalue weighted by atomic mass is 10.0. The van der Waals surface area contributed by atoms with Gasteiger partial charge in [-0.2, -0.15) is 0 Å². The summed E-state index contributed by atoms with van der Waals surface area (Å²) in [5, 5.41) is 2.89. The summed E-state index contributed by atoms with van der Waals surface area (Å²) in [6, 6.07) is 5.42. The monoisotopic (exact) mass is 437 g/mol. The second-order valence-corrected chi connectivity index (χ2v) is 10.2. The van der Waals surface area contributed by atoms with Gasteiger partial charge in [0.2, 0.25) is 15.9 Å². The van der Waals surface area contributed by atoms with E-state index in [9.17, 15) is 13.2 Å². The van der Waals surface area contributed by atoms with Gasteiger partial charge in [-0.15, -0.1) is 0 Å². The lowest BCUT2D eigenvalue weighted by molar-refractivity contribution is -0.116. The molecule has 1 aromatic carbocycles. The van der Waals surface area contributed by atoms with E-state index in [0.717, 1.165) is 57.2 Å². The number of benzene rings is 1. The van der Waals surface area contributed by atoms with Gasteiger partial charge in [0.25, 0.3) is 0 Å². The number of sulfonamides is 1. The molecule has 170 valence electrons. The van der Waals surface area contributed by atoms with Gasteiger partial charge in [-0.05, 0) is 64.2 Å². The third kappa shape index (κ3) is 6.98. The molecular formula is C23H39N3O3S. The molecule has 1 fully saturated rings. The van der Waals surface area contributed by atoms with E-state index < -0.39 is 10.0 Å². The number of rotatable bonds is 11. The van der Waals surface area contributed by atoms with Crippen LogP contribution < -0.4 is 14.9 Å². The number of piperidine rings is 1. The molecule has 2 rings (SSSR count). The van der Waals surface area contributed by atoms with E-state index in [1.165, 1.54) is 0 Å². The second kappa shape index (κ2) is 11.7. The van der Waals surface area contributed by atoms with Gasteiger partial charge in [0.1, 0.15) is 4.90 Å². The lowest BCUT2D eigenvalue weighted by Crippen LogP contribution is -2.39. The molecule has 1 heterocycles. The van der Waals surface area contributed by atoms with Crippen molar-refractivity contribution in [1.82, 2.24) is 4.72 Å². The molecule has 1 aliphatic heterocycles. The third-order valence-corrected chi connectivity index (χ3v) is 7.49. The maximum absolute atomic E-state index is 13.2.